The molecule has 8 heterocycles. The van der Waals surface area contributed by atoms with E-state index < -0.39 is 0 Å². The van der Waals surface area contributed by atoms with Crippen LogP contribution in [0.1, 0.15) is 22.3 Å². The normalized spacial score (nSPS) is 11.0. The molecule has 0 amide bonds. The fourth-order valence-electron chi connectivity index (χ4n) is 9.45. The van der Waals surface area contributed by atoms with Crippen molar-refractivity contribution in [2.24, 2.45) is 0 Å². The Balaban J connectivity index is 0.967. The van der Waals surface area contributed by atoms with Crippen molar-refractivity contribution < 1.29 is 18.3 Å². The SMILES string of the molecule is c1cc(-c2cc[n+](-c3ccc(C(=C(c4ccc(-[n+]5ccc(-c6ccncc6)cc5)cc4)c4ccc(-[n+]5ccc(-c6ccncc6)cc5)cc4)c4ccc(-[n+]5ccc(-c6ccncc6)cc5)cc4)cc3)cc2)ccn1. The van der Waals surface area contributed by atoms with Crippen LogP contribution >= 0.6 is 0 Å². The Morgan fingerprint density at radius 3 is 0.527 bits per heavy atom. The summed E-state index contributed by atoms with van der Waals surface area (Å²) in [6, 6.07) is 69.1. The molecule has 12 aromatic rings. The van der Waals surface area contributed by atoms with Gasteiger partial charge in [0.1, 0.15) is 0 Å². The number of nitrogens with zero attached hydrogens (tertiary/aromatic N) is 8. The van der Waals surface area contributed by atoms with Crippen molar-refractivity contribution in [1.82, 2.24) is 19.9 Å². The molecule has 0 aliphatic rings. The number of pyridine rings is 8. The molecule has 8 aromatic heterocycles. The van der Waals surface area contributed by atoms with E-state index in [9.17, 15) is 0 Å². The van der Waals surface area contributed by atoms with Gasteiger partial charge in [-0.2, -0.15) is 18.3 Å². The Hall–Kier alpha value is -10.2. The summed E-state index contributed by atoms with van der Waals surface area (Å²) in [7, 11) is 0. The molecule has 0 unspecified atom stereocenters. The zero-order chi connectivity index (χ0) is 49.5. The lowest BCUT2D eigenvalue weighted by atomic mass is 9.85. The van der Waals surface area contributed by atoms with Crippen LogP contribution in [-0.2, 0) is 0 Å². The van der Waals surface area contributed by atoms with E-state index in [1.54, 1.807) is 0 Å². The van der Waals surface area contributed by atoms with Crippen LogP contribution in [-0.4, -0.2) is 19.9 Å². The van der Waals surface area contributed by atoms with Crippen LogP contribution in [0.4, 0.5) is 0 Å². The molecule has 74 heavy (non-hydrogen) atoms. The molecule has 0 aliphatic heterocycles. The molecule has 0 bridgehead atoms. The molecule has 0 fully saturated rings. The third-order valence-corrected chi connectivity index (χ3v) is 13.4. The highest BCUT2D eigenvalue weighted by atomic mass is 14.9. The molecule has 0 N–H and O–H groups in total. The Morgan fingerprint density at radius 1 is 0.189 bits per heavy atom. The molecule has 348 valence electrons. The average molecular weight is 953 g/mol. The first-order valence-corrected chi connectivity index (χ1v) is 24.5. The second-order valence-electron chi connectivity index (χ2n) is 17.9. The van der Waals surface area contributed by atoms with Crippen LogP contribution in [0.25, 0.3) is 78.4 Å². The van der Waals surface area contributed by atoms with Gasteiger partial charge in [0.25, 0.3) is 0 Å². The average Bonchev–Trinajstić information content (AvgIpc) is 3.50. The lowest BCUT2D eigenvalue weighted by Gasteiger charge is -2.18. The predicted octanol–water partition coefficient (Wildman–Crippen LogP) is 12.0. The maximum absolute atomic E-state index is 4.20. The fraction of sp³-hybridized carbons (Fsp3) is 0. The zero-order valence-electron chi connectivity index (χ0n) is 40.3. The van der Waals surface area contributed by atoms with Gasteiger partial charge in [0, 0.05) is 147 Å². The Labute approximate surface area is 430 Å². The second-order valence-corrected chi connectivity index (χ2v) is 17.9. The van der Waals surface area contributed by atoms with Crippen molar-refractivity contribution in [2.75, 3.05) is 0 Å². The fourth-order valence-corrected chi connectivity index (χ4v) is 9.45. The third-order valence-electron chi connectivity index (χ3n) is 13.4. The number of benzene rings is 4. The summed E-state index contributed by atoms with van der Waals surface area (Å²) in [5.41, 5.74) is 19.9. The van der Waals surface area contributed by atoms with E-state index in [4.69, 9.17) is 0 Å². The van der Waals surface area contributed by atoms with E-state index in [1.807, 2.05) is 98.1 Å². The van der Waals surface area contributed by atoms with Crippen LogP contribution < -0.4 is 18.3 Å². The minimum absolute atomic E-state index is 1.06. The van der Waals surface area contributed by atoms with Crippen molar-refractivity contribution in [3.8, 4) is 67.3 Å². The first-order chi connectivity index (χ1) is 36.7. The van der Waals surface area contributed by atoms with Gasteiger partial charge in [0.15, 0.2) is 49.6 Å². The van der Waals surface area contributed by atoms with E-state index in [-0.39, 0.29) is 0 Å². The molecule has 0 saturated carbocycles. The van der Waals surface area contributed by atoms with Crippen molar-refractivity contribution in [3.05, 3.63) is 316 Å². The number of hydrogen-bond acceptors (Lipinski definition) is 4. The van der Waals surface area contributed by atoms with Gasteiger partial charge in [-0.3, -0.25) is 19.9 Å². The van der Waals surface area contributed by atoms with Crippen LogP contribution in [0.15, 0.2) is 293 Å². The van der Waals surface area contributed by atoms with E-state index in [1.165, 1.54) is 0 Å². The Morgan fingerprint density at radius 2 is 0.351 bits per heavy atom. The van der Waals surface area contributed by atoms with E-state index in [0.717, 1.165) is 101 Å². The van der Waals surface area contributed by atoms with E-state index in [2.05, 4.69) is 233 Å². The molecule has 4 aromatic carbocycles. The smallest absolute Gasteiger partial charge is 0.210 e. The molecular formula is C66H48N8+4. The van der Waals surface area contributed by atoms with Gasteiger partial charge in [-0.1, -0.05) is 0 Å². The highest BCUT2D eigenvalue weighted by Gasteiger charge is 2.21. The second kappa shape index (κ2) is 20.7. The lowest BCUT2D eigenvalue weighted by molar-refractivity contribution is -0.595. The first-order valence-electron chi connectivity index (χ1n) is 24.5. The molecule has 12 rings (SSSR count). The summed E-state index contributed by atoms with van der Waals surface area (Å²) in [6.45, 7) is 0. The molecule has 0 aliphatic carbocycles. The van der Waals surface area contributed by atoms with Gasteiger partial charge in [-0.15, -0.1) is 0 Å². The molecular weight excluding hydrogens is 905 g/mol. The molecule has 0 atom stereocenters. The molecule has 8 nitrogen and oxygen atoms in total. The molecule has 0 spiro atoms. The Kier molecular flexibility index (Phi) is 12.6. The van der Waals surface area contributed by atoms with Gasteiger partial charge >= 0.3 is 0 Å². The van der Waals surface area contributed by atoms with Crippen molar-refractivity contribution in [2.45, 2.75) is 0 Å². The summed E-state index contributed by atoms with van der Waals surface area (Å²) < 4.78 is 8.63. The van der Waals surface area contributed by atoms with E-state index >= 15 is 0 Å². The van der Waals surface area contributed by atoms with Crippen molar-refractivity contribution >= 4 is 11.1 Å². The van der Waals surface area contributed by atoms with Gasteiger partial charge in [-0.05, 0) is 175 Å². The van der Waals surface area contributed by atoms with Crippen LogP contribution in [0, 0.1) is 0 Å². The van der Waals surface area contributed by atoms with Crippen LogP contribution in [0.3, 0.4) is 0 Å². The van der Waals surface area contributed by atoms with E-state index in [0.29, 0.717) is 0 Å². The van der Waals surface area contributed by atoms with Crippen molar-refractivity contribution in [3.63, 3.8) is 0 Å². The highest BCUT2D eigenvalue weighted by molar-refractivity contribution is 6.04. The number of hydrogen-bond donors (Lipinski definition) is 0. The lowest BCUT2D eigenvalue weighted by Crippen LogP contribution is -2.29. The standard InChI is InChI=1S/C66H48N8/c1-9-61(71-41-25-53(26-42-71)49-17-33-67-34-18-49)10-2-57(1)65(58-3-11-62(12-4-58)72-43-27-54(28-44-72)50-19-35-68-36-20-50)66(59-5-13-63(14-6-59)73-45-29-55(30-46-73)51-21-37-69-38-22-51)60-7-15-64(16-8-60)74-47-31-56(32-48-74)52-23-39-70-40-24-52/h1-48H/q+4. The predicted molar refractivity (Wildman–Crippen MR) is 290 cm³/mol. The topological polar surface area (TPSA) is 67.1 Å². The zero-order valence-corrected chi connectivity index (χ0v) is 40.3. The number of rotatable bonds is 12. The van der Waals surface area contributed by atoms with Crippen molar-refractivity contribution in [1.29, 1.82) is 0 Å². The minimum atomic E-state index is 1.06. The first kappa shape index (κ1) is 45.0. The quantitative estimate of drug-likeness (QED) is 0.0904. The van der Waals surface area contributed by atoms with Crippen LogP contribution in [0.2, 0.25) is 0 Å². The third kappa shape index (κ3) is 9.66. The largest absolute Gasteiger partial charge is 0.265 e. The van der Waals surface area contributed by atoms with Gasteiger partial charge in [0.05, 0.1) is 0 Å². The monoisotopic (exact) mass is 952 g/mol. The Bertz CT molecular complexity index is 3300. The maximum Gasteiger partial charge on any atom is 0.210 e. The molecule has 8 heteroatoms. The summed E-state index contributed by atoms with van der Waals surface area (Å²) in [5.74, 6) is 0. The van der Waals surface area contributed by atoms with Crippen LogP contribution in [0.5, 0.6) is 0 Å². The minimum Gasteiger partial charge on any atom is -0.265 e. The summed E-state index contributed by atoms with van der Waals surface area (Å²) in [4.78, 5) is 16.8. The van der Waals surface area contributed by atoms with Gasteiger partial charge < -0.3 is 0 Å². The summed E-state index contributed by atoms with van der Waals surface area (Å²) >= 11 is 0. The summed E-state index contributed by atoms with van der Waals surface area (Å²) in [5, 5.41) is 0. The number of aromatic nitrogens is 8. The maximum atomic E-state index is 4.20. The molecule has 0 saturated heterocycles. The van der Waals surface area contributed by atoms with Gasteiger partial charge in [-0.25, -0.2) is 0 Å². The molecule has 0 radical (unpaired) electrons. The van der Waals surface area contributed by atoms with Gasteiger partial charge in [0.2, 0.25) is 22.7 Å². The summed E-state index contributed by atoms with van der Waals surface area (Å²) in [6.07, 6.45) is 31.6. The highest BCUT2D eigenvalue weighted by Crippen LogP contribution is 2.38.